The van der Waals surface area contributed by atoms with Gasteiger partial charge in [-0.1, -0.05) is 12.1 Å². The van der Waals surface area contributed by atoms with E-state index in [4.69, 9.17) is 11.5 Å². The number of likely N-dealkylation sites (tertiary alicyclic amines) is 1. The van der Waals surface area contributed by atoms with Crippen LogP contribution in [0.15, 0.2) is 29.3 Å². The molecule has 31 heteroatoms. The molecule has 2 aliphatic heterocycles. The third kappa shape index (κ3) is 22.8. The van der Waals surface area contributed by atoms with Crippen molar-refractivity contribution in [2.75, 3.05) is 98.2 Å². The molecule has 2 saturated heterocycles. The lowest BCUT2D eigenvalue weighted by Crippen LogP contribution is -2.54. The highest BCUT2D eigenvalue weighted by atomic mass is 16.4. The van der Waals surface area contributed by atoms with Crippen LogP contribution in [0.3, 0.4) is 0 Å². The summed E-state index contributed by atoms with van der Waals surface area (Å²) in [6, 6.07) is 1.70. The molecule has 6 amide bonds. The number of carbonyl (C=O) groups excluding carboxylic acids is 6. The first-order valence-electron chi connectivity index (χ1n) is 23.6. The number of rotatable bonds is 26. The molecule has 74 heavy (non-hydrogen) atoms. The average molecular weight is 1050 g/mol. The minimum absolute atomic E-state index is 0.0435. The summed E-state index contributed by atoms with van der Waals surface area (Å²) in [5, 5.41) is 79.4. The maximum atomic E-state index is 13.6. The van der Waals surface area contributed by atoms with Gasteiger partial charge in [0.05, 0.1) is 51.2 Å². The first-order valence-corrected chi connectivity index (χ1v) is 23.6. The quantitative estimate of drug-likeness (QED) is 0.0177. The first kappa shape index (κ1) is 61.3. The van der Waals surface area contributed by atoms with E-state index in [0.717, 1.165) is 4.90 Å². The van der Waals surface area contributed by atoms with E-state index in [9.17, 15) is 83.5 Å². The Morgan fingerprint density at radius 3 is 1.64 bits per heavy atom. The van der Waals surface area contributed by atoms with Crippen molar-refractivity contribution in [3.63, 3.8) is 0 Å². The zero-order valence-corrected chi connectivity index (χ0v) is 41.0. The number of nitrogens with one attached hydrogen (secondary N) is 5. The number of aliphatic hydroxyl groups excluding tert-OH is 1. The van der Waals surface area contributed by atoms with E-state index >= 15 is 0 Å². The highest BCUT2D eigenvalue weighted by Crippen LogP contribution is 2.20. The van der Waals surface area contributed by atoms with E-state index in [0.29, 0.717) is 5.56 Å². The van der Waals surface area contributed by atoms with Crippen LogP contribution in [0.5, 0.6) is 0 Å². The number of guanidine groups is 1. The molecule has 30 nitrogen and oxygen atoms in total. The fourth-order valence-corrected chi connectivity index (χ4v) is 7.98. The van der Waals surface area contributed by atoms with Crippen LogP contribution in [0.1, 0.15) is 48.5 Å². The Labute approximate surface area is 425 Å². The number of aliphatic imine (C=N–C) groups is 1. The van der Waals surface area contributed by atoms with Crippen molar-refractivity contribution < 1.29 is 83.5 Å². The number of carboxylic acids is 4. The van der Waals surface area contributed by atoms with Crippen molar-refractivity contribution in [2.24, 2.45) is 16.5 Å². The van der Waals surface area contributed by atoms with Gasteiger partial charge in [0.15, 0.2) is 5.96 Å². The molecule has 16 N–H and O–H groups in total. The molecule has 0 spiro atoms. The smallest absolute Gasteiger partial charge is 0.475 e. The fourth-order valence-electron chi connectivity index (χ4n) is 7.98. The molecule has 1 aromatic rings. The third-order valence-electron chi connectivity index (χ3n) is 11.8. The summed E-state index contributed by atoms with van der Waals surface area (Å²) in [5.74, 6) is -10.8. The fraction of sp³-hybridized carbons (Fsp3) is 0.605. The van der Waals surface area contributed by atoms with Crippen LogP contribution in [-0.2, 0) is 49.7 Å². The number of aliphatic hydroxyl groups is 1. The zero-order chi connectivity index (χ0) is 55.1. The number of nitrogens with two attached hydrogens (primary N) is 2. The normalized spacial score (nSPS) is 18.5. The van der Waals surface area contributed by atoms with Crippen LogP contribution in [0, 0.1) is 0 Å². The van der Waals surface area contributed by atoms with Gasteiger partial charge in [-0.2, -0.15) is 0 Å². The van der Waals surface area contributed by atoms with Crippen molar-refractivity contribution in [2.45, 2.75) is 69.3 Å². The van der Waals surface area contributed by atoms with Crippen molar-refractivity contribution in [3.8, 4) is 0 Å². The Kier molecular flexibility index (Phi) is 25.6. The summed E-state index contributed by atoms with van der Waals surface area (Å²) in [6.07, 6.45) is -1.75. The van der Waals surface area contributed by atoms with E-state index in [1.165, 1.54) is 31.2 Å². The molecular formula is C43H68BN13O17. The topological polar surface area (TPSA) is 453 Å². The molecule has 2 fully saturated rings. The Bertz CT molecular complexity index is 2120. The van der Waals surface area contributed by atoms with Crippen molar-refractivity contribution >= 4 is 72.4 Å². The SMILES string of the molecule is C[C@@H](NC(=O)c1ccc(CNC(=O)[C@H](CC(=O)O)NC(=O)CNC(=O)[C@H](CCCN=C(N)N)NC(=O)CN2CCN(CC(=O)O)CCN(CC(=O)O)CCN(CC(=O)O)CC2)cc1)C(=O)N1C[C@@H](O)C[C@H]1B(O)O. The van der Waals surface area contributed by atoms with E-state index in [-0.39, 0.29) is 129 Å². The average Bonchev–Trinajstić information content (AvgIpc) is 3.72. The number of nitrogens with zero attached hydrogens (tertiary/aromatic N) is 6. The molecule has 2 heterocycles. The lowest BCUT2D eigenvalue weighted by Gasteiger charge is -2.33. The molecule has 0 radical (unpaired) electrons. The lowest BCUT2D eigenvalue weighted by molar-refractivity contribution is -0.141. The second kappa shape index (κ2) is 30.9. The molecular weight excluding hydrogens is 981 g/mol. The summed E-state index contributed by atoms with van der Waals surface area (Å²) < 4.78 is 0. The largest absolute Gasteiger partial charge is 0.481 e. The Morgan fingerprint density at radius 1 is 0.676 bits per heavy atom. The summed E-state index contributed by atoms with van der Waals surface area (Å²) in [5.41, 5.74) is 11.4. The van der Waals surface area contributed by atoms with Crippen LogP contribution in [-0.4, -0.2) is 261 Å². The summed E-state index contributed by atoms with van der Waals surface area (Å²) in [6.45, 7) is -0.0649. The monoisotopic (exact) mass is 1050 g/mol. The predicted octanol–water partition coefficient (Wildman–Crippen LogP) is -7.52. The van der Waals surface area contributed by atoms with E-state index < -0.39 is 110 Å². The molecule has 410 valence electrons. The van der Waals surface area contributed by atoms with Crippen molar-refractivity contribution in [1.29, 1.82) is 0 Å². The van der Waals surface area contributed by atoms with Crippen molar-refractivity contribution in [3.05, 3.63) is 35.4 Å². The van der Waals surface area contributed by atoms with Gasteiger partial charge in [0.2, 0.25) is 29.5 Å². The van der Waals surface area contributed by atoms with Crippen molar-refractivity contribution in [1.82, 2.24) is 51.1 Å². The maximum absolute atomic E-state index is 13.6. The molecule has 0 bridgehead atoms. The minimum atomic E-state index is -1.89. The van der Waals surface area contributed by atoms with E-state index in [1.807, 2.05) is 0 Å². The highest BCUT2D eigenvalue weighted by molar-refractivity contribution is 6.43. The highest BCUT2D eigenvalue weighted by Gasteiger charge is 2.42. The lowest BCUT2D eigenvalue weighted by atomic mass is 9.77. The van der Waals surface area contributed by atoms with Crippen LogP contribution in [0.4, 0.5) is 0 Å². The van der Waals surface area contributed by atoms with E-state index in [1.54, 1.807) is 19.6 Å². The Hall–Kier alpha value is -7.03. The van der Waals surface area contributed by atoms with Gasteiger partial charge in [0.25, 0.3) is 5.91 Å². The second-order valence-electron chi connectivity index (χ2n) is 17.8. The van der Waals surface area contributed by atoms with Gasteiger partial charge in [0, 0.05) is 77.6 Å². The van der Waals surface area contributed by atoms with Crippen LogP contribution >= 0.6 is 0 Å². The van der Waals surface area contributed by atoms with Gasteiger partial charge < -0.3 is 78.5 Å². The molecule has 3 rings (SSSR count). The number of hydrogen-bond donors (Lipinski definition) is 14. The van der Waals surface area contributed by atoms with Gasteiger partial charge in [-0.25, -0.2) is 0 Å². The van der Waals surface area contributed by atoms with Gasteiger partial charge >= 0.3 is 31.0 Å². The van der Waals surface area contributed by atoms with Crippen LogP contribution in [0.25, 0.3) is 0 Å². The molecule has 5 atom stereocenters. The summed E-state index contributed by atoms with van der Waals surface area (Å²) in [4.78, 5) is 137. The molecule has 0 aliphatic carbocycles. The summed E-state index contributed by atoms with van der Waals surface area (Å²) in [7, 11) is -1.89. The molecule has 0 saturated carbocycles. The number of aliphatic carboxylic acids is 4. The predicted molar refractivity (Wildman–Crippen MR) is 259 cm³/mol. The maximum Gasteiger partial charge on any atom is 0.475 e. The molecule has 2 aliphatic rings. The van der Waals surface area contributed by atoms with Gasteiger partial charge in [0.1, 0.15) is 18.1 Å². The molecule has 1 aromatic carbocycles. The zero-order valence-electron chi connectivity index (χ0n) is 41.0. The molecule has 0 aromatic heterocycles. The van der Waals surface area contributed by atoms with Gasteiger partial charge in [-0.3, -0.25) is 72.5 Å². The van der Waals surface area contributed by atoms with E-state index in [2.05, 4.69) is 31.6 Å². The summed E-state index contributed by atoms with van der Waals surface area (Å²) >= 11 is 0. The van der Waals surface area contributed by atoms with Gasteiger partial charge in [-0.15, -0.1) is 0 Å². The number of hydrogen-bond acceptors (Lipinski definition) is 18. The van der Waals surface area contributed by atoms with Gasteiger partial charge in [-0.05, 0) is 43.9 Å². The number of carboxylic acid groups (broad SMARTS) is 4. The number of benzene rings is 1. The molecule has 0 unspecified atom stereocenters. The Balaban J connectivity index is 1.63. The number of β-amino-alcohol motifs (C(OH)–C–C–N with tert-alkyl or cyclic N) is 1. The number of amides is 6. The standard InChI is InChI=1S/C43H68BN13O17/c1-26(42(72)57-21-29(58)17-32(57)44(73)74)50-39(69)28-6-4-27(5-7-28)19-48-41(71)31(18-35(61)62)52-33(59)20-49-40(70)30(3-2-8-47-43(45)46)51-34(60)22-53-9-11-54(23-36(63)64)13-15-56(25-38(67)68)16-14-55(12-10-53)24-37(65)66/h4-7,26,29-32,58,73-74H,2-3,8-25H2,1H3,(H,48,71)(H,49,70)(H,50,69)(H,51,60)(H,52,59)(H,61,62)(H,63,64)(H,65,66)(H,67,68)(H4,45,46,47)/t26-,29+,30+,31+,32+/m1/s1. The Morgan fingerprint density at radius 2 is 1.16 bits per heavy atom. The minimum Gasteiger partial charge on any atom is -0.481 e. The third-order valence-corrected chi connectivity index (χ3v) is 11.8. The first-order chi connectivity index (χ1) is 34.9. The van der Waals surface area contributed by atoms with Crippen LogP contribution < -0.4 is 38.1 Å². The number of carbonyl (C=O) groups is 10. The second-order valence-corrected chi connectivity index (χ2v) is 17.8. The van der Waals surface area contributed by atoms with Crippen LogP contribution in [0.2, 0.25) is 0 Å².